The van der Waals surface area contributed by atoms with E-state index in [0.29, 0.717) is 35.9 Å². The Kier molecular flexibility index (Phi) is 4.82. The zero-order chi connectivity index (χ0) is 20.3. The highest BCUT2D eigenvalue weighted by Gasteiger charge is 2.68. The summed E-state index contributed by atoms with van der Waals surface area (Å²) in [6.07, 6.45) is 14.0. The Bertz CT molecular complexity index is 789. The molecule has 30 heavy (non-hydrogen) atoms. The zero-order valence-corrected chi connectivity index (χ0v) is 18.0. The van der Waals surface area contributed by atoms with Crippen molar-refractivity contribution in [3.05, 3.63) is 35.4 Å². The topological polar surface area (TPSA) is 52.3 Å². The summed E-state index contributed by atoms with van der Waals surface area (Å²) in [5.74, 6) is 2.43. The van der Waals surface area contributed by atoms with Crippen molar-refractivity contribution in [3.8, 4) is 0 Å². The summed E-state index contributed by atoms with van der Waals surface area (Å²) in [7, 11) is 0. The van der Waals surface area contributed by atoms with E-state index in [1.807, 2.05) is 12.1 Å². The number of fused-ring (bicyclic) bond motifs is 2. The molecule has 3 heterocycles. The molecule has 1 aromatic carbocycles. The largest absolute Gasteiger partial charge is 0.374 e. The van der Waals surface area contributed by atoms with Crippen LogP contribution in [0.15, 0.2) is 24.3 Å². The molecule has 8 atom stereocenters. The Hall–Kier alpha value is -1.23. The van der Waals surface area contributed by atoms with Crippen LogP contribution in [0.5, 0.6) is 0 Å². The van der Waals surface area contributed by atoms with Crippen LogP contribution in [0.25, 0.3) is 0 Å². The van der Waals surface area contributed by atoms with Crippen LogP contribution in [-0.4, -0.2) is 46.7 Å². The SMILES string of the molecule is O=Cc1ccc([C@@H](C2CCCC2)[C@H]2C[C@@H]([C@@H]3CC[C@@H]4CCC[C@@H]4N3)[C@@]3(O)CN23)cc1. The van der Waals surface area contributed by atoms with Gasteiger partial charge in [-0.25, -0.2) is 0 Å². The lowest BCUT2D eigenvalue weighted by atomic mass is 9.75. The second-order valence-electron chi connectivity index (χ2n) is 10.9. The van der Waals surface area contributed by atoms with E-state index in [0.717, 1.165) is 30.7 Å². The number of nitrogens with one attached hydrogen (secondary N) is 1. The van der Waals surface area contributed by atoms with Crippen molar-refractivity contribution in [3.63, 3.8) is 0 Å². The van der Waals surface area contributed by atoms with E-state index in [2.05, 4.69) is 22.3 Å². The number of aldehydes is 1. The van der Waals surface area contributed by atoms with Crippen molar-refractivity contribution in [2.75, 3.05) is 6.54 Å². The number of rotatable bonds is 5. The number of aliphatic hydroxyl groups is 1. The third kappa shape index (κ3) is 3.10. The molecule has 162 valence electrons. The molecule has 5 aliphatic rings. The molecule has 2 N–H and O–H groups in total. The maximum absolute atomic E-state index is 11.6. The highest BCUT2D eigenvalue weighted by Crippen LogP contribution is 2.57. The standard InChI is InChI=1S/C26H36N2O2/c29-15-17-8-10-20(11-9-17)25(19-4-1-2-5-19)24-14-21(26(30)16-28(24)26)23-13-12-18-6-3-7-22(18)27-23/h8-11,15,18-19,21-25,27,30H,1-7,12-14,16H2/t18-,21-,22-,23-,24+,25+,26-,28?/m0/s1. The van der Waals surface area contributed by atoms with Gasteiger partial charge in [-0.1, -0.05) is 43.5 Å². The third-order valence-corrected chi connectivity index (χ3v) is 9.49. The van der Waals surface area contributed by atoms with Crippen LogP contribution in [0.3, 0.4) is 0 Å². The average molecular weight is 409 g/mol. The second-order valence-corrected chi connectivity index (χ2v) is 10.9. The van der Waals surface area contributed by atoms with Crippen LogP contribution in [0.4, 0.5) is 0 Å². The van der Waals surface area contributed by atoms with Gasteiger partial charge in [-0.3, -0.25) is 9.69 Å². The van der Waals surface area contributed by atoms with Crippen molar-refractivity contribution in [2.45, 2.75) is 94.0 Å². The van der Waals surface area contributed by atoms with E-state index >= 15 is 0 Å². The van der Waals surface area contributed by atoms with Gasteiger partial charge >= 0.3 is 0 Å². The fraction of sp³-hybridized carbons (Fsp3) is 0.731. The summed E-state index contributed by atoms with van der Waals surface area (Å²) < 4.78 is 0. The number of carbonyl (C=O) groups excluding carboxylic acids is 1. The summed E-state index contributed by atoms with van der Waals surface area (Å²) in [6, 6.07) is 9.94. The number of benzene rings is 1. The molecule has 3 aliphatic heterocycles. The Balaban J connectivity index is 1.26. The number of hydrogen-bond acceptors (Lipinski definition) is 4. The van der Waals surface area contributed by atoms with E-state index in [1.54, 1.807) is 0 Å². The lowest BCUT2D eigenvalue weighted by Gasteiger charge is -2.39. The van der Waals surface area contributed by atoms with Gasteiger partial charge in [0.15, 0.2) is 0 Å². The number of hydrogen-bond donors (Lipinski definition) is 2. The first-order valence-corrected chi connectivity index (χ1v) is 12.5. The molecule has 2 aliphatic carbocycles. The Morgan fingerprint density at radius 3 is 2.57 bits per heavy atom. The summed E-state index contributed by atoms with van der Waals surface area (Å²) in [5.41, 5.74) is 1.56. The van der Waals surface area contributed by atoms with Crippen LogP contribution in [0, 0.1) is 17.8 Å². The predicted octanol–water partition coefficient (Wildman–Crippen LogP) is 4.09. The fourth-order valence-corrected chi connectivity index (χ4v) is 7.95. The van der Waals surface area contributed by atoms with Gasteiger partial charge in [0.1, 0.15) is 12.0 Å². The molecule has 0 spiro atoms. The van der Waals surface area contributed by atoms with E-state index in [-0.39, 0.29) is 0 Å². The lowest BCUT2D eigenvalue weighted by Crippen LogP contribution is -2.51. The van der Waals surface area contributed by atoms with Crippen LogP contribution in [0.2, 0.25) is 0 Å². The Morgan fingerprint density at radius 1 is 1.00 bits per heavy atom. The van der Waals surface area contributed by atoms with Gasteiger partial charge in [0.2, 0.25) is 0 Å². The maximum atomic E-state index is 11.6. The van der Waals surface area contributed by atoms with E-state index in [1.165, 1.54) is 63.4 Å². The van der Waals surface area contributed by atoms with Gasteiger partial charge in [0, 0.05) is 42.1 Å². The van der Waals surface area contributed by atoms with Crippen molar-refractivity contribution in [1.29, 1.82) is 0 Å². The van der Waals surface area contributed by atoms with Gasteiger partial charge in [-0.15, -0.1) is 0 Å². The first-order valence-electron chi connectivity index (χ1n) is 12.5. The quantitative estimate of drug-likeness (QED) is 0.569. The molecule has 0 radical (unpaired) electrons. The van der Waals surface area contributed by atoms with Gasteiger partial charge in [-0.2, -0.15) is 0 Å². The summed E-state index contributed by atoms with van der Waals surface area (Å²) in [4.78, 5) is 13.6. The van der Waals surface area contributed by atoms with E-state index in [9.17, 15) is 9.90 Å². The van der Waals surface area contributed by atoms with Crippen molar-refractivity contribution in [1.82, 2.24) is 10.2 Å². The molecular weight excluding hydrogens is 372 g/mol. The third-order valence-electron chi connectivity index (χ3n) is 9.49. The fourth-order valence-electron chi connectivity index (χ4n) is 7.95. The normalized spacial score (nSPS) is 43.9. The van der Waals surface area contributed by atoms with E-state index < -0.39 is 5.72 Å². The van der Waals surface area contributed by atoms with Gasteiger partial charge in [-0.05, 0) is 62.3 Å². The number of carbonyl (C=O) groups is 1. The Morgan fingerprint density at radius 2 is 1.80 bits per heavy atom. The average Bonchev–Trinajstić information content (AvgIpc) is 3.21. The molecule has 6 rings (SSSR count). The van der Waals surface area contributed by atoms with Gasteiger partial charge in [0.05, 0.1) is 0 Å². The van der Waals surface area contributed by atoms with Crippen molar-refractivity contribution >= 4 is 6.29 Å². The van der Waals surface area contributed by atoms with Crippen LogP contribution >= 0.6 is 0 Å². The van der Waals surface area contributed by atoms with Crippen LogP contribution in [-0.2, 0) is 0 Å². The summed E-state index contributed by atoms with van der Waals surface area (Å²) >= 11 is 0. The molecule has 3 saturated heterocycles. The molecule has 0 bridgehead atoms. The first-order chi connectivity index (χ1) is 14.7. The number of piperidine rings is 2. The van der Waals surface area contributed by atoms with Crippen LogP contribution in [0.1, 0.15) is 86.0 Å². The second kappa shape index (κ2) is 7.43. The molecule has 5 fully saturated rings. The minimum absolute atomic E-state index is 0.363. The Labute approximate surface area is 180 Å². The monoisotopic (exact) mass is 408 g/mol. The highest BCUT2D eigenvalue weighted by atomic mass is 16.3. The molecule has 4 nitrogen and oxygen atoms in total. The molecule has 0 aromatic heterocycles. The number of nitrogens with zero attached hydrogens (tertiary/aromatic N) is 1. The molecular formula is C26H36N2O2. The van der Waals surface area contributed by atoms with Gasteiger partial charge < -0.3 is 10.4 Å². The van der Waals surface area contributed by atoms with E-state index in [4.69, 9.17) is 0 Å². The van der Waals surface area contributed by atoms with Gasteiger partial charge in [0.25, 0.3) is 0 Å². The minimum atomic E-state index is -0.576. The van der Waals surface area contributed by atoms with Crippen LogP contribution < -0.4 is 5.32 Å². The van der Waals surface area contributed by atoms with Crippen molar-refractivity contribution in [2.24, 2.45) is 17.8 Å². The lowest BCUT2D eigenvalue weighted by molar-refractivity contribution is 0.0324. The summed E-state index contributed by atoms with van der Waals surface area (Å²) in [5, 5.41) is 15.5. The highest BCUT2D eigenvalue weighted by molar-refractivity contribution is 5.74. The molecule has 0 amide bonds. The summed E-state index contributed by atoms with van der Waals surface area (Å²) in [6.45, 7) is 0.851. The molecule has 2 saturated carbocycles. The van der Waals surface area contributed by atoms with Crippen molar-refractivity contribution < 1.29 is 9.90 Å². The molecule has 1 aromatic rings. The molecule has 1 unspecified atom stereocenters. The maximum Gasteiger partial charge on any atom is 0.150 e. The predicted molar refractivity (Wildman–Crippen MR) is 117 cm³/mol. The molecule has 4 heteroatoms. The zero-order valence-electron chi connectivity index (χ0n) is 18.0. The minimum Gasteiger partial charge on any atom is -0.374 e. The smallest absolute Gasteiger partial charge is 0.150 e. The first kappa shape index (κ1) is 19.5.